The second kappa shape index (κ2) is 5.33. The number of thioether (sulfide) groups is 1. The highest BCUT2D eigenvalue weighted by Crippen LogP contribution is 2.32. The molecule has 0 aliphatic heterocycles. The number of hydrogen-bond donors (Lipinski definition) is 2. The normalized spacial score (nSPS) is 23.3. The zero-order valence-corrected chi connectivity index (χ0v) is 10.8. The van der Waals surface area contributed by atoms with E-state index in [1.807, 2.05) is 23.9 Å². The van der Waals surface area contributed by atoms with Crippen molar-refractivity contribution in [2.75, 3.05) is 17.3 Å². The molecule has 1 fully saturated rings. The molecule has 2 atom stereocenters. The molecule has 0 saturated heterocycles. The molecule has 0 amide bonds. The first kappa shape index (κ1) is 12.1. The molecule has 17 heavy (non-hydrogen) atoms. The standard InChI is InChI=1S/C13H17N3S/c1-17-11-6-5-10(7-11)16-12-4-2-3-9(8-14)13(12)15/h2-4,10-11,16H,5-7,15H2,1H3. The molecule has 0 heterocycles. The number of nitrogen functional groups attached to an aromatic ring is 1. The van der Waals surface area contributed by atoms with Crippen LogP contribution in [-0.4, -0.2) is 17.5 Å². The minimum atomic E-state index is 0.490. The van der Waals surface area contributed by atoms with Gasteiger partial charge in [0.15, 0.2) is 0 Å². The highest BCUT2D eigenvalue weighted by Gasteiger charge is 2.24. The number of nitrogens with two attached hydrogens (primary N) is 1. The minimum absolute atomic E-state index is 0.490. The van der Waals surface area contributed by atoms with Crippen molar-refractivity contribution in [3.63, 3.8) is 0 Å². The van der Waals surface area contributed by atoms with Gasteiger partial charge in [0.1, 0.15) is 6.07 Å². The van der Waals surface area contributed by atoms with Crippen molar-refractivity contribution in [2.45, 2.75) is 30.6 Å². The van der Waals surface area contributed by atoms with Gasteiger partial charge < -0.3 is 11.1 Å². The van der Waals surface area contributed by atoms with Crippen molar-refractivity contribution in [2.24, 2.45) is 0 Å². The zero-order chi connectivity index (χ0) is 12.3. The highest BCUT2D eigenvalue weighted by atomic mass is 32.2. The first-order valence-electron chi connectivity index (χ1n) is 5.82. The fourth-order valence-corrected chi connectivity index (χ4v) is 3.09. The van der Waals surface area contributed by atoms with Crippen molar-refractivity contribution in [3.8, 4) is 6.07 Å². The van der Waals surface area contributed by atoms with Crippen LogP contribution >= 0.6 is 11.8 Å². The van der Waals surface area contributed by atoms with Gasteiger partial charge in [-0.25, -0.2) is 0 Å². The number of anilines is 2. The van der Waals surface area contributed by atoms with Gasteiger partial charge in [-0.3, -0.25) is 0 Å². The third-order valence-corrected chi connectivity index (χ3v) is 4.40. The molecule has 0 spiro atoms. The van der Waals surface area contributed by atoms with Crippen LogP contribution in [0.25, 0.3) is 0 Å². The maximum absolute atomic E-state index is 8.92. The molecule has 90 valence electrons. The van der Waals surface area contributed by atoms with Gasteiger partial charge in [-0.05, 0) is 37.7 Å². The Kier molecular flexibility index (Phi) is 3.80. The summed E-state index contributed by atoms with van der Waals surface area (Å²) in [7, 11) is 0. The number of hydrogen-bond acceptors (Lipinski definition) is 4. The number of nitrogens with one attached hydrogen (secondary N) is 1. The molecule has 4 heteroatoms. The Morgan fingerprint density at radius 1 is 1.47 bits per heavy atom. The molecular formula is C13H17N3S. The van der Waals surface area contributed by atoms with E-state index in [2.05, 4.69) is 17.6 Å². The smallest absolute Gasteiger partial charge is 0.101 e. The first-order chi connectivity index (χ1) is 8.24. The molecule has 1 aromatic carbocycles. The molecule has 0 radical (unpaired) electrons. The number of para-hydroxylation sites is 1. The van der Waals surface area contributed by atoms with Gasteiger partial charge in [-0.1, -0.05) is 6.07 Å². The molecule has 1 saturated carbocycles. The van der Waals surface area contributed by atoms with Gasteiger partial charge in [0.2, 0.25) is 0 Å². The minimum Gasteiger partial charge on any atom is -0.396 e. The Labute approximate surface area is 106 Å². The van der Waals surface area contributed by atoms with Crippen molar-refractivity contribution >= 4 is 23.1 Å². The second-order valence-corrected chi connectivity index (χ2v) is 5.53. The van der Waals surface area contributed by atoms with E-state index < -0.39 is 0 Å². The fourth-order valence-electron chi connectivity index (χ4n) is 2.29. The van der Waals surface area contributed by atoms with Crippen molar-refractivity contribution in [1.82, 2.24) is 0 Å². The Balaban J connectivity index is 2.07. The summed E-state index contributed by atoms with van der Waals surface area (Å²) >= 11 is 1.93. The zero-order valence-electron chi connectivity index (χ0n) is 9.94. The van der Waals surface area contributed by atoms with Crippen molar-refractivity contribution < 1.29 is 0 Å². The monoisotopic (exact) mass is 247 g/mol. The SMILES string of the molecule is CSC1CCC(Nc2cccc(C#N)c2N)C1. The molecule has 3 N–H and O–H groups in total. The van der Waals surface area contributed by atoms with E-state index in [9.17, 15) is 0 Å². The summed E-state index contributed by atoms with van der Waals surface area (Å²) in [4.78, 5) is 0. The topological polar surface area (TPSA) is 61.8 Å². The van der Waals surface area contributed by atoms with Crippen molar-refractivity contribution in [3.05, 3.63) is 23.8 Å². The van der Waals surface area contributed by atoms with Crippen molar-refractivity contribution in [1.29, 1.82) is 5.26 Å². The summed E-state index contributed by atoms with van der Waals surface area (Å²) in [6, 6.07) is 8.17. The summed E-state index contributed by atoms with van der Waals surface area (Å²) in [6.45, 7) is 0. The summed E-state index contributed by atoms with van der Waals surface area (Å²) in [5.74, 6) is 0. The van der Waals surface area contributed by atoms with E-state index in [0.29, 0.717) is 17.3 Å². The molecule has 3 nitrogen and oxygen atoms in total. The fraction of sp³-hybridized carbons (Fsp3) is 0.462. The van der Waals surface area contributed by atoms with E-state index in [1.165, 1.54) is 19.3 Å². The van der Waals surface area contributed by atoms with Crippen LogP contribution in [-0.2, 0) is 0 Å². The van der Waals surface area contributed by atoms with Gasteiger partial charge in [-0.15, -0.1) is 0 Å². The van der Waals surface area contributed by atoms with Crippen LogP contribution in [0.3, 0.4) is 0 Å². The molecule has 1 aliphatic carbocycles. The van der Waals surface area contributed by atoms with E-state index in [1.54, 1.807) is 6.07 Å². The average molecular weight is 247 g/mol. The third kappa shape index (κ3) is 2.67. The summed E-state index contributed by atoms with van der Waals surface area (Å²) in [5.41, 5.74) is 7.97. The molecule has 0 aromatic heterocycles. The maximum atomic E-state index is 8.92. The third-order valence-electron chi connectivity index (χ3n) is 3.30. The molecule has 1 aromatic rings. The van der Waals surface area contributed by atoms with Crippen LogP contribution in [0, 0.1) is 11.3 Å². The number of nitrogens with zero attached hydrogens (tertiary/aromatic N) is 1. The Bertz CT molecular complexity index is 439. The summed E-state index contributed by atoms with van der Waals surface area (Å²) < 4.78 is 0. The predicted octanol–water partition coefficient (Wildman–Crippen LogP) is 2.84. The largest absolute Gasteiger partial charge is 0.396 e. The van der Waals surface area contributed by atoms with E-state index >= 15 is 0 Å². The summed E-state index contributed by atoms with van der Waals surface area (Å²) in [6.07, 6.45) is 5.79. The van der Waals surface area contributed by atoms with Gasteiger partial charge in [0.25, 0.3) is 0 Å². The van der Waals surface area contributed by atoms with Crippen LogP contribution in [0.4, 0.5) is 11.4 Å². The van der Waals surface area contributed by atoms with E-state index in [-0.39, 0.29) is 0 Å². The number of benzene rings is 1. The van der Waals surface area contributed by atoms with Crippen LogP contribution in [0.1, 0.15) is 24.8 Å². The van der Waals surface area contributed by atoms with E-state index in [4.69, 9.17) is 11.0 Å². The highest BCUT2D eigenvalue weighted by molar-refractivity contribution is 7.99. The van der Waals surface area contributed by atoms with Crippen LogP contribution in [0.15, 0.2) is 18.2 Å². The number of rotatable bonds is 3. The Hall–Kier alpha value is -1.34. The van der Waals surface area contributed by atoms with Gasteiger partial charge >= 0.3 is 0 Å². The van der Waals surface area contributed by atoms with Gasteiger partial charge in [0.05, 0.1) is 16.9 Å². The first-order valence-corrected chi connectivity index (χ1v) is 7.11. The second-order valence-electron chi connectivity index (χ2n) is 4.39. The van der Waals surface area contributed by atoms with Crippen LogP contribution < -0.4 is 11.1 Å². The quantitative estimate of drug-likeness (QED) is 0.806. The molecule has 2 rings (SSSR count). The lowest BCUT2D eigenvalue weighted by Gasteiger charge is -2.16. The Morgan fingerprint density at radius 2 is 2.29 bits per heavy atom. The van der Waals surface area contributed by atoms with Crippen LogP contribution in [0.5, 0.6) is 0 Å². The average Bonchev–Trinajstić information content (AvgIpc) is 2.79. The predicted molar refractivity (Wildman–Crippen MR) is 74.1 cm³/mol. The van der Waals surface area contributed by atoms with Gasteiger partial charge in [0, 0.05) is 11.3 Å². The molecular weight excluding hydrogens is 230 g/mol. The van der Waals surface area contributed by atoms with Crippen LogP contribution in [0.2, 0.25) is 0 Å². The molecule has 1 aliphatic rings. The molecule has 2 unspecified atom stereocenters. The lowest BCUT2D eigenvalue weighted by Crippen LogP contribution is -2.17. The van der Waals surface area contributed by atoms with Gasteiger partial charge in [-0.2, -0.15) is 17.0 Å². The number of nitriles is 1. The maximum Gasteiger partial charge on any atom is 0.101 e. The molecule has 0 bridgehead atoms. The lowest BCUT2D eigenvalue weighted by atomic mass is 10.1. The summed E-state index contributed by atoms with van der Waals surface area (Å²) in [5, 5.41) is 13.1. The lowest BCUT2D eigenvalue weighted by molar-refractivity contribution is 0.757. The van der Waals surface area contributed by atoms with E-state index in [0.717, 1.165) is 10.9 Å². The Morgan fingerprint density at radius 3 is 2.94 bits per heavy atom.